The van der Waals surface area contributed by atoms with E-state index in [1.165, 1.54) is 0 Å². The van der Waals surface area contributed by atoms with Gasteiger partial charge in [0.25, 0.3) is 0 Å². The van der Waals surface area contributed by atoms with Gasteiger partial charge in [-0.05, 0) is 36.3 Å². The molecule has 0 spiro atoms. The zero-order valence-electron chi connectivity index (χ0n) is 14.2. The molecule has 126 valence electrons. The molecule has 0 saturated carbocycles. The van der Waals surface area contributed by atoms with Crippen molar-refractivity contribution >= 4 is 34.9 Å². The SMILES string of the molecule is CCOc1ccccc1P(=CC=O)(c1ccccc1)c1ccccc1. The van der Waals surface area contributed by atoms with Crippen molar-refractivity contribution in [3.05, 3.63) is 84.9 Å². The van der Waals surface area contributed by atoms with Crippen LogP contribution in [0, 0.1) is 0 Å². The summed E-state index contributed by atoms with van der Waals surface area (Å²) in [6.07, 6.45) is 0.927. The first-order valence-corrected chi connectivity index (χ1v) is 10.2. The number of ether oxygens (including phenoxy) is 1. The summed E-state index contributed by atoms with van der Waals surface area (Å²) >= 11 is 0. The molecule has 0 heterocycles. The van der Waals surface area contributed by atoms with Crippen LogP contribution in [0.5, 0.6) is 5.75 Å². The first-order chi connectivity index (χ1) is 12.3. The lowest BCUT2D eigenvalue weighted by Crippen LogP contribution is -2.28. The van der Waals surface area contributed by atoms with Crippen molar-refractivity contribution in [2.45, 2.75) is 6.92 Å². The van der Waals surface area contributed by atoms with E-state index in [4.69, 9.17) is 4.74 Å². The minimum atomic E-state index is -2.24. The largest absolute Gasteiger partial charge is 0.493 e. The average molecular weight is 348 g/mol. The standard InChI is InChI=1S/C22H21O2P/c1-2-24-21-15-9-10-16-22(21)25(18-17-23,19-11-5-3-6-12-19)20-13-7-4-8-14-20/h3-18H,2H2,1H3. The molecular weight excluding hydrogens is 327 g/mol. The lowest BCUT2D eigenvalue weighted by molar-refractivity contribution is -0.102. The van der Waals surface area contributed by atoms with Crippen LogP contribution in [-0.4, -0.2) is 18.7 Å². The van der Waals surface area contributed by atoms with E-state index in [1.54, 1.807) is 0 Å². The highest BCUT2D eigenvalue weighted by Crippen LogP contribution is 2.45. The number of benzene rings is 3. The molecule has 0 aromatic heterocycles. The monoisotopic (exact) mass is 348 g/mol. The van der Waals surface area contributed by atoms with Gasteiger partial charge in [0, 0.05) is 5.30 Å². The van der Waals surface area contributed by atoms with Gasteiger partial charge in [0.15, 0.2) is 0 Å². The van der Waals surface area contributed by atoms with E-state index >= 15 is 0 Å². The van der Waals surface area contributed by atoms with Crippen LogP contribution in [0.25, 0.3) is 0 Å². The van der Waals surface area contributed by atoms with E-state index in [-0.39, 0.29) is 0 Å². The highest BCUT2D eigenvalue weighted by Gasteiger charge is 2.27. The molecule has 2 nitrogen and oxygen atoms in total. The topological polar surface area (TPSA) is 26.3 Å². The molecule has 0 aliphatic rings. The van der Waals surface area contributed by atoms with Crippen molar-refractivity contribution in [3.8, 4) is 5.75 Å². The third kappa shape index (κ3) is 3.31. The predicted molar refractivity (Wildman–Crippen MR) is 108 cm³/mol. The average Bonchev–Trinajstić information content (AvgIpc) is 2.68. The quantitative estimate of drug-likeness (QED) is 0.504. The third-order valence-electron chi connectivity index (χ3n) is 4.16. The summed E-state index contributed by atoms with van der Waals surface area (Å²) < 4.78 is 5.92. The number of carbonyl (C=O) groups is 1. The smallest absolute Gasteiger partial charge is 0.143 e. The van der Waals surface area contributed by atoms with Gasteiger partial charge >= 0.3 is 0 Å². The van der Waals surface area contributed by atoms with Gasteiger partial charge in [-0.25, -0.2) is 0 Å². The Bertz CT molecular complexity index is 843. The molecule has 0 aliphatic carbocycles. The van der Waals surface area contributed by atoms with Crippen LogP contribution >= 0.6 is 6.89 Å². The summed E-state index contributed by atoms with van der Waals surface area (Å²) in [6, 6.07) is 28.5. The highest BCUT2D eigenvalue weighted by atomic mass is 31.2. The molecule has 0 saturated heterocycles. The summed E-state index contributed by atoms with van der Waals surface area (Å²) in [5.41, 5.74) is 0. The van der Waals surface area contributed by atoms with E-state index in [1.807, 2.05) is 67.3 Å². The van der Waals surface area contributed by atoms with E-state index in [2.05, 4.69) is 30.3 Å². The maximum atomic E-state index is 11.7. The summed E-state index contributed by atoms with van der Waals surface area (Å²) in [7, 11) is 0. The Balaban J connectivity index is 2.42. The van der Waals surface area contributed by atoms with Crippen molar-refractivity contribution in [2.75, 3.05) is 6.61 Å². The van der Waals surface area contributed by atoms with Crippen LogP contribution in [-0.2, 0) is 4.79 Å². The lowest BCUT2D eigenvalue weighted by atomic mass is 10.3. The summed E-state index contributed by atoms with van der Waals surface area (Å²) in [5, 5.41) is 3.35. The molecule has 3 rings (SSSR count). The number of hydrogen-bond donors (Lipinski definition) is 0. The molecule has 0 amide bonds. The first kappa shape index (κ1) is 17.3. The molecule has 0 radical (unpaired) electrons. The van der Waals surface area contributed by atoms with Gasteiger partial charge < -0.3 is 4.74 Å². The van der Waals surface area contributed by atoms with E-state index in [9.17, 15) is 4.79 Å². The Hall–Kier alpha value is -2.57. The van der Waals surface area contributed by atoms with E-state index in [0.717, 1.165) is 27.9 Å². The minimum Gasteiger partial charge on any atom is -0.493 e. The van der Waals surface area contributed by atoms with E-state index < -0.39 is 6.89 Å². The molecular formula is C22H21O2P. The predicted octanol–water partition coefficient (Wildman–Crippen LogP) is 3.38. The Morgan fingerprint density at radius 3 is 1.84 bits per heavy atom. The zero-order valence-corrected chi connectivity index (χ0v) is 15.1. The molecule has 0 N–H and O–H groups in total. The Morgan fingerprint density at radius 2 is 1.32 bits per heavy atom. The lowest BCUT2D eigenvalue weighted by Gasteiger charge is -2.29. The van der Waals surface area contributed by atoms with Crippen LogP contribution in [0.2, 0.25) is 0 Å². The minimum absolute atomic E-state index is 0.585. The zero-order chi connectivity index (χ0) is 17.5. The molecule has 0 bridgehead atoms. The van der Waals surface area contributed by atoms with Crippen LogP contribution in [0.1, 0.15) is 6.92 Å². The summed E-state index contributed by atoms with van der Waals surface area (Å²) in [6.45, 7) is 0.324. The molecule has 0 fully saturated rings. The van der Waals surface area contributed by atoms with Crippen molar-refractivity contribution in [1.82, 2.24) is 0 Å². The number of hydrogen-bond acceptors (Lipinski definition) is 2. The van der Waals surface area contributed by atoms with Gasteiger partial charge in [-0.15, -0.1) is 0 Å². The van der Waals surface area contributed by atoms with Gasteiger partial charge in [-0.2, -0.15) is 0 Å². The second kappa shape index (κ2) is 8.00. The molecule has 3 aromatic rings. The van der Waals surface area contributed by atoms with Gasteiger partial charge in [-0.1, -0.05) is 78.9 Å². The van der Waals surface area contributed by atoms with Crippen LogP contribution in [0.15, 0.2) is 84.9 Å². The van der Waals surface area contributed by atoms with Gasteiger partial charge in [0.05, 0.1) is 6.61 Å². The number of aldehydes is 1. The Morgan fingerprint density at radius 1 is 0.800 bits per heavy atom. The molecule has 0 aliphatic heterocycles. The van der Waals surface area contributed by atoms with Crippen molar-refractivity contribution in [1.29, 1.82) is 0 Å². The summed E-state index contributed by atoms with van der Waals surface area (Å²) in [4.78, 5) is 11.7. The first-order valence-electron chi connectivity index (χ1n) is 8.35. The fourth-order valence-corrected chi connectivity index (χ4v) is 6.76. The molecule has 0 atom stereocenters. The number of rotatable bonds is 6. The third-order valence-corrected chi connectivity index (χ3v) is 8.08. The second-order valence-electron chi connectivity index (χ2n) is 5.58. The molecule has 25 heavy (non-hydrogen) atoms. The Kier molecular flexibility index (Phi) is 5.53. The van der Waals surface area contributed by atoms with Crippen molar-refractivity contribution < 1.29 is 9.53 Å². The van der Waals surface area contributed by atoms with Crippen LogP contribution in [0.4, 0.5) is 0 Å². The fourth-order valence-electron chi connectivity index (χ4n) is 3.12. The molecule has 0 unspecified atom stereocenters. The normalized spacial score (nSPS) is 10.9. The second-order valence-corrected chi connectivity index (χ2v) is 8.84. The van der Waals surface area contributed by atoms with Crippen molar-refractivity contribution in [2.24, 2.45) is 0 Å². The summed E-state index contributed by atoms with van der Waals surface area (Å²) in [5.74, 6) is 2.67. The fraction of sp³-hybridized carbons (Fsp3) is 0.0909. The van der Waals surface area contributed by atoms with Gasteiger partial charge in [-0.3, -0.25) is 4.79 Å². The van der Waals surface area contributed by atoms with Crippen LogP contribution < -0.4 is 20.7 Å². The van der Waals surface area contributed by atoms with Crippen molar-refractivity contribution in [3.63, 3.8) is 0 Å². The maximum absolute atomic E-state index is 11.7. The number of para-hydroxylation sites is 1. The van der Waals surface area contributed by atoms with Gasteiger partial charge in [0.1, 0.15) is 12.0 Å². The molecule has 3 aromatic carbocycles. The van der Waals surface area contributed by atoms with Crippen LogP contribution in [0.3, 0.4) is 0 Å². The highest BCUT2D eigenvalue weighted by molar-refractivity contribution is 7.95. The number of carbonyl (C=O) groups excluding carboxylic acids is 1. The Labute approximate surface area is 149 Å². The maximum Gasteiger partial charge on any atom is 0.143 e. The molecule has 3 heteroatoms. The van der Waals surface area contributed by atoms with Gasteiger partial charge in [0.2, 0.25) is 0 Å². The van der Waals surface area contributed by atoms with E-state index in [0.29, 0.717) is 6.61 Å².